The fourth-order valence-corrected chi connectivity index (χ4v) is 3.06. The summed E-state index contributed by atoms with van der Waals surface area (Å²) in [5, 5.41) is 10.7. The summed E-state index contributed by atoms with van der Waals surface area (Å²) in [5.74, 6) is -0.229. The molecule has 1 aliphatic heterocycles. The Morgan fingerprint density at radius 3 is 2.22 bits per heavy atom. The van der Waals surface area contributed by atoms with Crippen molar-refractivity contribution in [2.45, 2.75) is 12.5 Å². The predicted molar refractivity (Wildman–Crippen MR) is 101 cm³/mol. The average Bonchev–Trinajstić information content (AvgIpc) is 2.95. The second kappa shape index (κ2) is 8.07. The summed E-state index contributed by atoms with van der Waals surface area (Å²) in [4.78, 5) is 33.8. The van der Waals surface area contributed by atoms with Gasteiger partial charge in [0.15, 0.2) is 0 Å². The van der Waals surface area contributed by atoms with Gasteiger partial charge in [-0.2, -0.15) is 0 Å². The molecule has 1 atom stereocenters. The molecule has 1 fully saturated rings. The first-order valence-corrected chi connectivity index (χ1v) is 8.82. The zero-order valence-electron chi connectivity index (χ0n) is 14.0. The fourth-order valence-electron chi connectivity index (χ4n) is 2.38. The highest BCUT2D eigenvalue weighted by Crippen LogP contribution is 2.27. The van der Waals surface area contributed by atoms with E-state index in [-0.39, 0.29) is 11.7 Å². The summed E-state index contributed by atoms with van der Waals surface area (Å²) >= 11 is 0.867. The molecule has 2 amide bonds. The number of aliphatic carboxylic acids is 1. The van der Waals surface area contributed by atoms with E-state index in [1.807, 2.05) is 0 Å². The van der Waals surface area contributed by atoms with Crippen molar-refractivity contribution < 1.29 is 24.2 Å². The standard InChI is InChI=1S/C19H16N2O5S/c20-15(18(23)24)9-11-1-5-13(6-2-11)26-14-7-3-12(4-8-14)10-16-17(22)21-19(25)27-16/h1-8,10,15H,9,20H2,(H,23,24)(H,21,22,25). The number of thioether (sulfide) groups is 1. The number of amides is 2. The van der Waals surface area contributed by atoms with Crippen LogP contribution in [0.5, 0.6) is 11.5 Å². The van der Waals surface area contributed by atoms with Crippen molar-refractivity contribution in [1.29, 1.82) is 0 Å². The van der Waals surface area contributed by atoms with Crippen molar-refractivity contribution >= 4 is 35.0 Å². The first-order valence-electron chi connectivity index (χ1n) is 8.01. The molecule has 7 nitrogen and oxygen atoms in total. The van der Waals surface area contributed by atoms with Crippen LogP contribution in [-0.2, 0) is 16.0 Å². The van der Waals surface area contributed by atoms with E-state index in [9.17, 15) is 14.4 Å². The van der Waals surface area contributed by atoms with Crippen molar-refractivity contribution in [3.63, 3.8) is 0 Å². The number of hydrogen-bond donors (Lipinski definition) is 3. The van der Waals surface area contributed by atoms with E-state index in [0.717, 1.165) is 22.9 Å². The topological polar surface area (TPSA) is 119 Å². The largest absolute Gasteiger partial charge is 0.480 e. The number of ether oxygens (including phenoxy) is 1. The van der Waals surface area contributed by atoms with Crippen LogP contribution in [0.4, 0.5) is 4.79 Å². The van der Waals surface area contributed by atoms with E-state index in [2.05, 4.69) is 5.32 Å². The van der Waals surface area contributed by atoms with Gasteiger partial charge < -0.3 is 15.6 Å². The van der Waals surface area contributed by atoms with Crippen LogP contribution in [0, 0.1) is 0 Å². The summed E-state index contributed by atoms with van der Waals surface area (Å²) in [7, 11) is 0. The number of rotatable bonds is 6. The van der Waals surface area contributed by atoms with Gasteiger partial charge in [-0.05, 0) is 59.7 Å². The first-order chi connectivity index (χ1) is 12.9. The molecule has 1 unspecified atom stereocenters. The molecule has 0 aromatic heterocycles. The third-order valence-corrected chi connectivity index (χ3v) is 4.56. The van der Waals surface area contributed by atoms with Gasteiger partial charge in [0, 0.05) is 0 Å². The van der Waals surface area contributed by atoms with E-state index < -0.39 is 17.9 Å². The number of carbonyl (C=O) groups is 3. The molecular weight excluding hydrogens is 368 g/mol. The summed E-state index contributed by atoms with van der Waals surface area (Å²) in [6.45, 7) is 0. The maximum absolute atomic E-state index is 11.5. The van der Waals surface area contributed by atoms with Gasteiger partial charge in [0.05, 0.1) is 4.91 Å². The quantitative estimate of drug-likeness (QED) is 0.655. The average molecular weight is 384 g/mol. The maximum atomic E-state index is 11.5. The lowest BCUT2D eigenvalue weighted by atomic mass is 10.1. The molecule has 1 aliphatic rings. The highest BCUT2D eigenvalue weighted by molar-refractivity contribution is 8.18. The van der Waals surface area contributed by atoms with Crippen molar-refractivity contribution in [1.82, 2.24) is 5.32 Å². The van der Waals surface area contributed by atoms with Gasteiger partial charge >= 0.3 is 5.97 Å². The minimum absolute atomic E-state index is 0.243. The monoisotopic (exact) mass is 384 g/mol. The summed E-state index contributed by atoms with van der Waals surface area (Å²) in [6, 6.07) is 13.1. The zero-order chi connectivity index (χ0) is 19.4. The van der Waals surface area contributed by atoms with Crippen LogP contribution in [0.2, 0.25) is 0 Å². The lowest BCUT2D eigenvalue weighted by Gasteiger charge is -2.09. The second-order valence-electron chi connectivity index (χ2n) is 5.82. The Hall–Kier alpha value is -3.10. The van der Waals surface area contributed by atoms with Crippen molar-refractivity contribution in [3.05, 3.63) is 64.6 Å². The second-order valence-corrected chi connectivity index (χ2v) is 6.83. The highest BCUT2D eigenvalue weighted by Gasteiger charge is 2.24. The molecule has 0 aliphatic carbocycles. The number of hydrogen-bond acceptors (Lipinski definition) is 6. The van der Waals surface area contributed by atoms with Gasteiger partial charge in [-0.25, -0.2) is 0 Å². The summed E-state index contributed by atoms with van der Waals surface area (Å²) in [6.07, 6.45) is 1.88. The number of imide groups is 1. The summed E-state index contributed by atoms with van der Waals surface area (Å²) in [5.41, 5.74) is 7.10. The van der Waals surface area contributed by atoms with Gasteiger partial charge in [0.1, 0.15) is 17.5 Å². The van der Waals surface area contributed by atoms with Crippen LogP contribution in [0.3, 0.4) is 0 Å². The number of nitrogens with two attached hydrogens (primary N) is 1. The predicted octanol–water partition coefficient (Wildman–Crippen LogP) is 2.76. The Kier molecular flexibility index (Phi) is 5.58. The van der Waals surface area contributed by atoms with E-state index in [0.29, 0.717) is 16.4 Å². The maximum Gasteiger partial charge on any atom is 0.320 e. The number of carboxylic acid groups (broad SMARTS) is 1. The zero-order valence-corrected chi connectivity index (χ0v) is 14.9. The highest BCUT2D eigenvalue weighted by atomic mass is 32.2. The minimum Gasteiger partial charge on any atom is -0.480 e. The molecule has 0 radical (unpaired) electrons. The van der Waals surface area contributed by atoms with Crippen molar-refractivity contribution in [2.24, 2.45) is 5.73 Å². The Labute approximate surface area is 159 Å². The number of benzene rings is 2. The smallest absolute Gasteiger partial charge is 0.320 e. The number of nitrogens with one attached hydrogen (secondary N) is 1. The van der Waals surface area contributed by atoms with Crippen molar-refractivity contribution in [2.75, 3.05) is 0 Å². The molecule has 138 valence electrons. The van der Waals surface area contributed by atoms with Crippen molar-refractivity contribution in [3.8, 4) is 11.5 Å². The van der Waals surface area contributed by atoms with Gasteiger partial charge in [-0.1, -0.05) is 24.3 Å². The van der Waals surface area contributed by atoms with E-state index in [4.69, 9.17) is 15.6 Å². The lowest BCUT2D eigenvalue weighted by molar-refractivity contribution is -0.138. The van der Waals surface area contributed by atoms with Crippen LogP contribution in [0.1, 0.15) is 11.1 Å². The third kappa shape index (κ3) is 4.96. The Morgan fingerprint density at radius 1 is 1.11 bits per heavy atom. The lowest BCUT2D eigenvalue weighted by Crippen LogP contribution is -2.32. The van der Waals surface area contributed by atoms with Crippen LogP contribution >= 0.6 is 11.8 Å². The SMILES string of the molecule is NC(Cc1ccc(Oc2ccc(C=C3SC(=O)NC3=O)cc2)cc1)C(=O)O. The summed E-state index contributed by atoms with van der Waals surface area (Å²) < 4.78 is 5.74. The molecule has 27 heavy (non-hydrogen) atoms. The third-order valence-electron chi connectivity index (χ3n) is 3.75. The Balaban J connectivity index is 1.63. The molecule has 2 aromatic carbocycles. The van der Waals surface area contributed by atoms with E-state index in [1.54, 1.807) is 54.6 Å². The minimum atomic E-state index is -1.04. The number of carboxylic acids is 1. The normalized spacial score (nSPS) is 16.3. The first kappa shape index (κ1) is 18.7. The molecule has 8 heteroatoms. The molecule has 0 bridgehead atoms. The van der Waals surface area contributed by atoms with Crippen LogP contribution < -0.4 is 15.8 Å². The van der Waals surface area contributed by atoms with Gasteiger partial charge in [-0.15, -0.1) is 0 Å². The van der Waals surface area contributed by atoms with Gasteiger partial charge in [0.2, 0.25) is 0 Å². The molecule has 3 rings (SSSR count). The molecule has 1 heterocycles. The molecule has 4 N–H and O–H groups in total. The Morgan fingerprint density at radius 2 is 1.70 bits per heavy atom. The van der Waals surface area contributed by atoms with Gasteiger partial charge in [0.25, 0.3) is 11.1 Å². The number of carbonyl (C=O) groups excluding carboxylic acids is 2. The van der Waals surface area contributed by atoms with Crippen LogP contribution in [0.15, 0.2) is 53.4 Å². The van der Waals surface area contributed by atoms with Crippen LogP contribution in [-0.4, -0.2) is 28.3 Å². The molecule has 1 saturated heterocycles. The molecule has 0 spiro atoms. The molecular formula is C19H16N2O5S. The Bertz CT molecular complexity index is 907. The van der Waals surface area contributed by atoms with Crippen LogP contribution in [0.25, 0.3) is 6.08 Å². The van der Waals surface area contributed by atoms with E-state index >= 15 is 0 Å². The molecule has 0 saturated carbocycles. The van der Waals surface area contributed by atoms with E-state index in [1.165, 1.54) is 0 Å². The molecule has 2 aromatic rings. The fraction of sp³-hybridized carbons (Fsp3) is 0.105. The van der Waals surface area contributed by atoms with Gasteiger partial charge in [-0.3, -0.25) is 19.7 Å².